The highest BCUT2D eigenvalue weighted by molar-refractivity contribution is 7.11. The minimum atomic E-state index is -0.0944. The van der Waals surface area contributed by atoms with E-state index in [2.05, 4.69) is 72.3 Å². The number of hydrogen-bond donors (Lipinski definition) is 3. The largest absolute Gasteiger partial charge is 0.356 e. The molecule has 7 rings (SSSR count). The summed E-state index contributed by atoms with van der Waals surface area (Å²) in [6.07, 6.45) is 12.8. The molecule has 0 unspecified atom stereocenters. The van der Waals surface area contributed by atoms with Crippen molar-refractivity contribution in [2.75, 3.05) is 5.32 Å². The molecule has 0 saturated carbocycles. The van der Waals surface area contributed by atoms with Crippen molar-refractivity contribution in [3.63, 3.8) is 0 Å². The Kier molecular flexibility index (Phi) is 6.14. The molecule has 6 aromatic rings. The van der Waals surface area contributed by atoms with Crippen LogP contribution in [-0.4, -0.2) is 31.1 Å². The zero-order valence-electron chi connectivity index (χ0n) is 21.4. The number of nitrogens with one attached hydrogen (secondary N) is 3. The second kappa shape index (κ2) is 10.2. The lowest BCUT2D eigenvalue weighted by Gasteiger charge is -2.07. The number of thiophene rings is 1. The van der Waals surface area contributed by atoms with Gasteiger partial charge in [-0.2, -0.15) is 5.10 Å². The van der Waals surface area contributed by atoms with Gasteiger partial charge in [-0.15, -0.1) is 11.3 Å². The maximum absolute atomic E-state index is 12.6. The van der Waals surface area contributed by atoms with Crippen molar-refractivity contribution >= 4 is 39.4 Å². The summed E-state index contributed by atoms with van der Waals surface area (Å²) < 4.78 is 0. The van der Waals surface area contributed by atoms with Crippen LogP contribution in [0.3, 0.4) is 0 Å². The van der Waals surface area contributed by atoms with E-state index in [1.165, 1.54) is 16.0 Å². The van der Waals surface area contributed by atoms with Gasteiger partial charge in [-0.05, 0) is 35.2 Å². The number of aromatic nitrogens is 5. The van der Waals surface area contributed by atoms with Gasteiger partial charge in [0.05, 0.1) is 41.4 Å². The average Bonchev–Trinajstić information content (AvgIpc) is 3.72. The van der Waals surface area contributed by atoms with Crippen LogP contribution in [0, 0.1) is 0 Å². The summed E-state index contributed by atoms with van der Waals surface area (Å²) in [6, 6.07) is 20.0. The number of rotatable bonds is 6. The van der Waals surface area contributed by atoms with Crippen molar-refractivity contribution in [2.24, 2.45) is 0 Å². The van der Waals surface area contributed by atoms with Gasteiger partial charge in [0, 0.05) is 45.3 Å². The standard InChI is InChI=1S/C32H24N6OS/c39-31(13-20-7-2-1-3-8-20)35-22-14-21(17-33-18-22)27-16-25-29(19-34-27)37-38-32(25)28-15-24-23(30-11-6-12-40-30)9-4-5-10-26(24)36-28/h1-9,11-12,14-19,36H,10,13H2,(H,35,39)(H,37,38). The Morgan fingerprint density at radius 1 is 1.02 bits per heavy atom. The summed E-state index contributed by atoms with van der Waals surface area (Å²) in [6.45, 7) is 0. The Labute approximate surface area is 234 Å². The quantitative estimate of drug-likeness (QED) is 0.216. The molecule has 0 bridgehead atoms. The summed E-state index contributed by atoms with van der Waals surface area (Å²) in [5, 5.41) is 13.8. The first-order valence-corrected chi connectivity index (χ1v) is 13.9. The molecule has 0 fully saturated rings. The molecular formula is C32H24N6OS. The molecule has 3 N–H and O–H groups in total. The molecule has 0 spiro atoms. The minimum Gasteiger partial charge on any atom is -0.356 e. The lowest BCUT2D eigenvalue weighted by atomic mass is 10.0. The molecule has 40 heavy (non-hydrogen) atoms. The summed E-state index contributed by atoms with van der Waals surface area (Å²) >= 11 is 1.74. The van der Waals surface area contributed by atoms with Crippen LogP contribution in [0.5, 0.6) is 0 Å². The highest BCUT2D eigenvalue weighted by atomic mass is 32.1. The normalized spacial score (nSPS) is 12.7. The summed E-state index contributed by atoms with van der Waals surface area (Å²) in [5.74, 6) is -0.0944. The number of fused-ring (bicyclic) bond motifs is 2. The van der Waals surface area contributed by atoms with Gasteiger partial charge < -0.3 is 10.3 Å². The summed E-state index contributed by atoms with van der Waals surface area (Å²) in [5.41, 5.74) is 9.33. The van der Waals surface area contributed by atoms with Crippen LogP contribution in [0.15, 0.2) is 103 Å². The van der Waals surface area contributed by atoms with Crippen molar-refractivity contribution < 1.29 is 4.79 Å². The maximum atomic E-state index is 12.6. The lowest BCUT2D eigenvalue weighted by molar-refractivity contribution is -0.115. The Morgan fingerprint density at radius 2 is 1.95 bits per heavy atom. The molecule has 1 amide bonds. The van der Waals surface area contributed by atoms with Gasteiger partial charge in [0.1, 0.15) is 5.69 Å². The third-order valence-electron chi connectivity index (χ3n) is 6.92. The third kappa shape index (κ3) is 4.65. The van der Waals surface area contributed by atoms with Crippen molar-refractivity contribution in [3.05, 3.63) is 125 Å². The topological polar surface area (TPSA) is 99.4 Å². The van der Waals surface area contributed by atoms with Crippen LogP contribution in [0.4, 0.5) is 5.69 Å². The first-order valence-electron chi connectivity index (χ1n) is 13.0. The van der Waals surface area contributed by atoms with Gasteiger partial charge in [0.2, 0.25) is 5.91 Å². The summed E-state index contributed by atoms with van der Waals surface area (Å²) in [4.78, 5) is 26.5. The van der Waals surface area contributed by atoms with E-state index in [0.29, 0.717) is 12.1 Å². The lowest BCUT2D eigenvalue weighted by Crippen LogP contribution is -2.14. The second-order valence-electron chi connectivity index (χ2n) is 9.63. The van der Waals surface area contributed by atoms with E-state index >= 15 is 0 Å². The van der Waals surface area contributed by atoms with Gasteiger partial charge in [-0.3, -0.25) is 19.9 Å². The van der Waals surface area contributed by atoms with E-state index in [9.17, 15) is 4.79 Å². The van der Waals surface area contributed by atoms with Crippen molar-refractivity contribution in [1.82, 2.24) is 25.1 Å². The molecule has 0 aliphatic heterocycles. The first kappa shape index (κ1) is 24.0. The van der Waals surface area contributed by atoms with Crippen LogP contribution in [0.2, 0.25) is 0 Å². The number of aromatic amines is 2. The second-order valence-corrected chi connectivity index (χ2v) is 10.6. The Hall–Kier alpha value is -5.08. The van der Waals surface area contributed by atoms with Crippen LogP contribution < -0.4 is 5.32 Å². The van der Waals surface area contributed by atoms with Gasteiger partial charge in [0.25, 0.3) is 0 Å². The highest BCUT2D eigenvalue weighted by Gasteiger charge is 2.19. The summed E-state index contributed by atoms with van der Waals surface area (Å²) in [7, 11) is 0. The van der Waals surface area contributed by atoms with Gasteiger partial charge in [0.15, 0.2) is 0 Å². The van der Waals surface area contributed by atoms with Crippen LogP contribution >= 0.6 is 11.3 Å². The molecule has 1 aliphatic carbocycles. The van der Waals surface area contributed by atoms with E-state index in [1.807, 2.05) is 42.5 Å². The van der Waals surface area contributed by atoms with Gasteiger partial charge >= 0.3 is 0 Å². The third-order valence-corrected chi connectivity index (χ3v) is 7.83. The number of amides is 1. The Morgan fingerprint density at radius 3 is 2.83 bits per heavy atom. The molecule has 7 nitrogen and oxygen atoms in total. The molecule has 1 aliphatic rings. The SMILES string of the molecule is O=C(Cc1ccccc1)Nc1cncc(-c2cc3c(-c4cc5c([nH]4)CC=CC=C5c4cccs4)n[nH]c3cn2)c1. The van der Waals surface area contributed by atoms with Crippen molar-refractivity contribution in [2.45, 2.75) is 12.8 Å². The Bertz CT molecular complexity index is 1900. The number of allylic oxidation sites excluding steroid dienone is 3. The first-order chi connectivity index (χ1) is 19.7. The van der Waals surface area contributed by atoms with Crippen LogP contribution in [0.25, 0.3) is 39.1 Å². The van der Waals surface area contributed by atoms with Crippen LogP contribution in [-0.2, 0) is 17.6 Å². The molecule has 0 atom stereocenters. The number of hydrogen-bond acceptors (Lipinski definition) is 5. The van der Waals surface area contributed by atoms with Crippen LogP contribution in [0.1, 0.15) is 21.7 Å². The monoisotopic (exact) mass is 540 g/mol. The zero-order valence-corrected chi connectivity index (χ0v) is 22.2. The van der Waals surface area contributed by atoms with Crippen molar-refractivity contribution in [3.8, 4) is 22.6 Å². The molecule has 5 aromatic heterocycles. The predicted molar refractivity (Wildman–Crippen MR) is 160 cm³/mol. The number of anilines is 1. The smallest absolute Gasteiger partial charge is 0.228 e. The van der Waals surface area contributed by atoms with Gasteiger partial charge in [-0.1, -0.05) is 54.6 Å². The molecule has 194 valence electrons. The van der Waals surface area contributed by atoms with E-state index in [0.717, 1.165) is 51.2 Å². The number of nitrogens with zero attached hydrogens (tertiary/aromatic N) is 3. The molecule has 8 heteroatoms. The fourth-order valence-electron chi connectivity index (χ4n) is 5.03. The number of pyridine rings is 2. The Balaban J connectivity index is 1.19. The number of carbonyl (C=O) groups is 1. The fraction of sp³-hybridized carbons (Fsp3) is 0.0625. The van der Waals surface area contributed by atoms with Gasteiger partial charge in [-0.25, -0.2) is 0 Å². The molecular weight excluding hydrogens is 516 g/mol. The predicted octanol–water partition coefficient (Wildman–Crippen LogP) is 6.80. The van der Waals surface area contributed by atoms with E-state index in [-0.39, 0.29) is 5.91 Å². The van der Waals surface area contributed by atoms with Crippen molar-refractivity contribution in [1.29, 1.82) is 0 Å². The molecule has 0 saturated heterocycles. The highest BCUT2D eigenvalue weighted by Crippen LogP contribution is 2.36. The molecule has 1 aromatic carbocycles. The number of benzene rings is 1. The fourth-order valence-corrected chi connectivity index (χ4v) is 5.79. The maximum Gasteiger partial charge on any atom is 0.228 e. The number of H-pyrrole nitrogens is 2. The number of carbonyl (C=O) groups excluding carboxylic acids is 1. The zero-order chi connectivity index (χ0) is 26.9. The molecule has 5 heterocycles. The van der Waals surface area contributed by atoms with E-state index in [4.69, 9.17) is 0 Å². The molecule has 0 radical (unpaired) electrons. The minimum absolute atomic E-state index is 0.0944. The van der Waals surface area contributed by atoms with E-state index in [1.54, 1.807) is 29.9 Å². The van der Waals surface area contributed by atoms with E-state index < -0.39 is 0 Å². The average molecular weight is 541 g/mol.